The number of hydrogen-bond acceptors (Lipinski definition) is 7. The van der Waals surface area contributed by atoms with Crippen LogP contribution in [0.2, 0.25) is 0 Å². The van der Waals surface area contributed by atoms with Crippen molar-refractivity contribution in [2.24, 2.45) is 11.8 Å². The molecule has 0 spiro atoms. The van der Waals surface area contributed by atoms with Crippen molar-refractivity contribution in [2.75, 3.05) is 33.9 Å². The van der Waals surface area contributed by atoms with Gasteiger partial charge in [0.15, 0.2) is 11.5 Å². The van der Waals surface area contributed by atoms with E-state index in [1.165, 1.54) is 14.2 Å². The summed E-state index contributed by atoms with van der Waals surface area (Å²) < 4.78 is 17.3. The maximum atomic E-state index is 13.4. The van der Waals surface area contributed by atoms with E-state index in [2.05, 4.69) is 29.8 Å². The number of rotatable bonds is 7. The van der Waals surface area contributed by atoms with E-state index in [-0.39, 0.29) is 36.7 Å². The van der Waals surface area contributed by atoms with Crippen LogP contribution in [0.25, 0.3) is 0 Å². The predicted octanol–water partition coefficient (Wildman–Crippen LogP) is 4.43. The van der Waals surface area contributed by atoms with Crippen molar-refractivity contribution in [3.63, 3.8) is 0 Å². The molecule has 3 rings (SSSR count). The number of carbonyl (C=O) groups excluding carboxylic acids is 4. The van der Waals surface area contributed by atoms with Gasteiger partial charge in [-0.15, -0.1) is 0 Å². The molecule has 0 saturated heterocycles. The van der Waals surface area contributed by atoms with Gasteiger partial charge < -0.3 is 35.1 Å². The molecule has 1 heterocycles. The van der Waals surface area contributed by atoms with E-state index < -0.39 is 11.9 Å². The first kappa shape index (κ1) is 35.2. The Hall–Kier alpha value is -4.28. The van der Waals surface area contributed by atoms with E-state index >= 15 is 0 Å². The first-order chi connectivity index (χ1) is 21.5. The number of carbonyl (C=O) groups is 4. The predicted molar refractivity (Wildman–Crippen MR) is 172 cm³/mol. The summed E-state index contributed by atoms with van der Waals surface area (Å²) >= 11 is 0. The summed E-state index contributed by atoms with van der Waals surface area (Å²) in [6, 6.07) is 9.34. The quantitative estimate of drug-likeness (QED) is 0.415. The third-order valence-electron chi connectivity index (χ3n) is 7.66. The second-order valence-electron chi connectivity index (χ2n) is 12.0. The first-order valence-corrected chi connectivity index (χ1v) is 15.7. The SMILES string of the molecule is COc1ccc2cc1Oc1cccc(OC)c1CNC(=O)[C@@H](C(C)C)NC(=O)CN(C(=O)CCCC(C)C)CCCCNC2=O. The van der Waals surface area contributed by atoms with Crippen molar-refractivity contribution in [3.8, 4) is 23.0 Å². The van der Waals surface area contributed by atoms with Crippen LogP contribution in [0.4, 0.5) is 0 Å². The summed E-state index contributed by atoms with van der Waals surface area (Å²) in [6.45, 7) is 8.56. The maximum absolute atomic E-state index is 13.4. The standard InChI is InChI=1S/C34H48N4O7/c1-22(2)11-9-14-31(40)38-18-8-7-17-35-33(41)24-15-16-28(44-6)29(19-24)45-27-13-10-12-26(43-5)25(27)20-36-34(42)32(23(3)4)37-30(39)21-38/h10,12-13,15-16,19,22-23,32H,7-9,11,14,17-18,20-21H2,1-6H3,(H,35,41)(H,36,42)(H,37,39)/t32-/m1/s1. The lowest BCUT2D eigenvalue weighted by molar-refractivity contribution is -0.137. The second kappa shape index (κ2) is 17.3. The van der Waals surface area contributed by atoms with Crippen LogP contribution < -0.4 is 30.2 Å². The molecule has 2 aromatic rings. The summed E-state index contributed by atoms with van der Waals surface area (Å²) in [7, 11) is 3.03. The van der Waals surface area contributed by atoms with Crippen LogP contribution in [-0.4, -0.2) is 68.4 Å². The normalized spacial score (nSPS) is 17.0. The van der Waals surface area contributed by atoms with Crippen LogP contribution >= 0.6 is 0 Å². The highest BCUT2D eigenvalue weighted by atomic mass is 16.5. The monoisotopic (exact) mass is 624 g/mol. The van der Waals surface area contributed by atoms with Gasteiger partial charge in [-0.3, -0.25) is 19.2 Å². The van der Waals surface area contributed by atoms with E-state index in [1.807, 2.05) is 13.8 Å². The van der Waals surface area contributed by atoms with Crippen molar-refractivity contribution in [1.82, 2.24) is 20.9 Å². The molecule has 45 heavy (non-hydrogen) atoms. The lowest BCUT2D eigenvalue weighted by atomic mass is 10.0. The molecule has 11 nitrogen and oxygen atoms in total. The van der Waals surface area contributed by atoms with Gasteiger partial charge in [-0.1, -0.05) is 40.2 Å². The Balaban J connectivity index is 1.94. The van der Waals surface area contributed by atoms with Gasteiger partial charge in [-0.05, 0) is 61.4 Å². The molecule has 0 radical (unpaired) electrons. The third-order valence-corrected chi connectivity index (χ3v) is 7.66. The molecule has 0 unspecified atom stereocenters. The number of ether oxygens (including phenoxy) is 3. The Labute approximate surface area is 266 Å². The van der Waals surface area contributed by atoms with Crippen LogP contribution in [0.5, 0.6) is 23.0 Å². The van der Waals surface area contributed by atoms with Crippen molar-refractivity contribution >= 4 is 23.6 Å². The van der Waals surface area contributed by atoms with Gasteiger partial charge in [0.05, 0.1) is 32.9 Å². The molecular weight excluding hydrogens is 576 g/mol. The van der Waals surface area contributed by atoms with Gasteiger partial charge in [0, 0.05) is 25.1 Å². The van der Waals surface area contributed by atoms with Crippen molar-refractivity contribution in [2.45, 2.75) is 72.4 Å². The lowest BCUT2D eigenvalue weighted by Gasteiger charge is -2.26. The molecule has 11 heteroatoms. The van der Waals surface area contributed by atoms with E-state index in [0.717, 1.165) is 12.8 Å². The van der Waals surface area contributed by atoms with Crippen LogP contribution in [-0.2, 0) is 20.9 Å². The van der Waals surface area contributed by atoms with Crippen LogP contribution in [0.15, 0.2) is 36.4 Å². The number of benzene rings is 2. The molecule has 1 atom stereocenters. The minimum atomic E-state index is -0.827. The number of nitrogens with one attached hydrogen (secondary N) is 3. The Morgan fingerprint density at radius 2 is 1.73 bits per heavy atom. The average molecular weight is 625 g/mol. The molecule has 0 aliphatic carbocycles. The van der Waals surface area contributed by atoms with Gasteiger partial charge in [0.2, 0.25) is 17.7 Å². The summed E-state index contributed by atoms with van der Waals surface area (Å²) in [5.41, 5.74) is 0.947. The minimum Gasteiger partial charge on any atom is -0.496 e. The molecule has 2 bridgehead atoms. The molecule has 0 saturated carbocycles. The second-order valence-corrected chi connectivity index (χ2v) is 12.0. The molecule has 0 aromatic heterocycles. The Bertz CT molecular complexity index is 1330. The highest BCUT2D eigenvalue weighted by Gasteiger charge is 2.27. The van der Waals surface area contributed by atoms with Crippen LogP contribution in [0, 0.1) is 11.8 Å². The van der Waals surface area contributed by atoms with E-state index in [9.17, 15) is 19.2 Å². The lowest BCUT2D eigenvalue weighted by Crippen LogP contribution is -2.52. The van der Waals surface area contributed by atoms with Crippen molar-refractivity contribution in [3.05, 3.63) is 47.5 Å². The fraction of sp³-hybridized carbons (Fsp3) is 0.529. The zero-order valence-corrected chi connectivity index (χ0v) is 27.4. The highest BCUT2D eigenvalue weighted by Crippen LogP contribution is 2.37. The summed E-state index contributed by atoms with van der Waals surface area (Å²) in [5, 5.41) is 8.68. The highest BCUT2D eigenvalue weighted by molar-refractivity contribution is 5.95. The Morgan fingerprint density at radius 1 is 0.978 bits per heavy atom. The van der Waals surface area contributed by atoms with Gasteiger partial charge >= 0.3 is 0 Å². The molecule has 3 N–H and O–H groups in total. The minimum absolute atomic E-state index is 0.0419. The number of nitrogens with zero attached hydrogens (tertiary/aromatic N) is 1. The number of fused-ring (bicyclic) bond motifs is 3. The smallest absolute Gasteiger partial charge is 0.251 e. The topological polar surface area (TPSA) is 135 Å². The fourth-order valence-electron chi connectivity index (χ4n) is 5.08. The zero-order chi connectivity index (χ0) is 32.9. The molecule has 246 valence electrons. The van der Waals surface area contributed by atoms with Crippen LogP contribution in [0.3, 0.4) is 0 Å². The molecule has 2 aromatic carbocycles. The van der Waals surface area contributed by atoms with Gasteiger partial charge in [-0.25, -0.2) is 0 Å². The zero-order valence-electron chi connectivity index (χ0n) is 27.4. The van der Waals surface area contributed by atoms with Crippen LogP contribution in [0.1, 0.15) is 75.7 Å². The average Bonchev–Trinajstić information content (AvgIpc) is 3.00. The van der Waals surface area contributed by atoms with E-state index in [0.29, 0.717) is 72.4 Å². The third kappa shape index (κ3) is 10.4. The number of methoxy groups -OCH3 is 2. The summed E-state index contributed by atoms with van der Waals surface area (Å²) in [5.74, 6) is 0.719. The van der Waals surface area contributed by atoms with E-state index in [1.54, 1.807) is 41.3 Å². The molecule has 0 fully saturated rings. The fourth-order valence-corrected chi connectivity index (χ4v) is 5.08. The van der Waals surface area contributed by atoms with Crippen molar-refractivity contribution < 1.29 is 33.4 Å². The van der Waals surface area contributed by atoms with E-state index in [4.69, 9.17) is 14.2 Å². The molecule has 1 aliphatic heterocycles. The molecule has 4 amide bonds. The largest absolute Gasteiger partial charge is 0.496 e. The Morgan fingerprint density at radius 3 is 2.42 bits per heavy atom. The molecule has 1 aliphatic rings. The Kier molecular flexibility index (Phi) is 13.5. The number of hydrogen-bond donors (Lipinski definition) is 3. The number of amides is 4. The molecular formula is C34H48N4O7. The summed E-state index contributed by atoms with van der Waals surface area (Å²) in [6.07, 6.45) is 3.19. The summed E-state index contributed by atoms with van der Waals surface area (Å²) in [4.78, 5) is 54.4. The van der Waals surface area contributed by atoms with Gasteiger partial charge in [0.25, 0.3) is 5.91 Å². The maximum Gasteiger partial charge on any atom is 0.251 e. The van der Waals surface area contributed by atoms with Crippen molar-refractivity contribution in [1.29, 1.82) is 0 Å². The van der Waals surface area contributed by atoms with Gasteiger partial charge in [-0.2, -0.15) is 0 Å². The van der Waals surface area contributed by atoms with Gasteiger partial charge in [0.1, 0.15) is 17.5 Å². The first-order valence-electron chi connectivity index (χ1n) is 15.7.